The minimum absolute atomic E-state index is 0.201. The molecule has 5 nitrogen and oxygen atoms in total. The first-order chi connectivity index (χ1) is 13.6. The molecule has 2 amide bonds. The molecule has 0 fully saturated rings. The van der Waals surface area contributed by atoms with Crippen molar-refractivity contribution in [3.05, 3.63) is 101 Å². The molecular formula is C22H18ClN3O2. The number of pyridine rings is 1. The van der Waals surface area contributed by atoms with Crippen molar-refractivity contribution in [2.45, 2.75) is 6.54 Å². The Hall–Kier alpha value is -3.44. The molecule has 0 aliphatic rings. The van der Waals surface area contributed by atoms with Crippen LogP contribution in [0.3, 0.4) is 0 Å². The van der Waals surface area contributed by atoms with Gasteiger partial charge in [-0.05, 0) is 53.6 Å². The molecule has 0 radical (unpaired) electrons. The highest BCUT2D eigenvalue weighted by Crippen LogP contribution is 2.13. The summed E-state index contributed by atoms with van der Waals surface area (Å²) in [5.74, 6) is -0.445. The van der Waals surface area contributed by atoms with Crippen molar-refractivity contribution < 1.29 is 9.59 Å². The summed E-state index contributed by atoms with van der Waals surface area (Å²) in [6.07, 6.45) is 6.30. The molecule has 0 atom stereocenters. The Bertz CT molecular complexity index is 986. The predicted octanol–water partition coefficient (Wildman–Crippen LogP) is 4.32. The molecule has 1 heterocycles. The van der Waals surface area contributed by atoms with Gasteiger partial charge in [-0.1, -0.05) is 35.9 Å². The molecule has 0 unspecified atom stereocenters. The largest absolute Gasteiger partial charge is 0.348 e. The zero-order valence-electron chi connectivity index (χ0n) is 14.9. The van der Waals surface area contributed by atoms with E-state index in [4.69, 9.17) is 11.6 Å². The van der Waals surface area contributed by atoms with Crippen LogP contribution in [0.2, 0.25) is 5.02 Å². The van der Waals surface area contributed by atoms with Crippen LogP contribution in [0.1, 0.15) is 21.5 Å². The van der Waals surface area contributed by atoms with Gasteiger partial charge in [0.25, 0.3) is 5.91 Å². The third kappa shape index (κ3) is 5.79. The second-order valence-corrected chi connectivity index (χ2v) is 6.44. The van der Waals surface area contributed by atoms with E-state index in [1.165, 1.54) is 12.3 Å². The highest BCUT2D eigenvalue weighted by atomic mass is 35.5. The maximum absolute atomic E-state index is 12.1. The molecule has 0 saturated heterocycles. The van der Waals surface area contributed by atoms with Gasteiger partial charge in [0.15, 0.2) is 0 Å². The number of aromatic nitrogens is 1. The van der Waals surface area contributed by atoms with Crippen LogP contribution in [0.5, 0.6) is 0 Å². The average molecular weight is 392 g/mol. The summed E-state index contributed by atoms with van der Waals surface area (Å²) in [4.78, 5) is 28.1. The molecular weight excluding hydrogens is 374 g/mol. The van der Waals surface area contributed by atoms with Crippen molar-refractivity contribution >= 4 is 35.2 Å². The first-order valence-corrected chi connectivity index (χ1v) is 9.00. The lowest BCUT2D eigenvalue weighted by Crippen LogP contribution is -2.22. The molecule has 0 saturated carbocycles. The zero-order valence-corrected chi connectivity index (χ0v) is 15.7. The van der Waals surface area contributed by atoms with E-state index < -0.39 is 0 Å². The summed E-state index contributed by atoms with van der Waals surface area (Å²) < 4.78 is 0. The van der Waals surface area contributed by atoms with Crippen molar-refractivity contribution in [3.63, 3.8) is 0 Å². The molecule has 3 rings (SSSR count). The molecule has 0 spiro atoms. The minimum atomic E-state index is -0.244. The first-order valence-electron chi connectivity index (χ1n) is 8.62. The Labute approximate surface area is 168 Å². The van der Waals surface area contributed by atoms with E-state index in [2.05, 4.69) is 15.6 Å². The van der Waals surface area contributed by atoms with Gasteiger partial charge >= 0.3 is 0 Å². The highest BCUT2D eigenvalue weighted by Gasteiger charge is 2.05. The second kappa shape index (κ2) is 9.48. The Balaban J connectivity index is 1.56. The van der Waals surface area contributed by atoms with Gasteiger partial charge in [0.2, 0.25) is 5.91 Å². The van der Waals surface area contributed by atoms with Crippen LogP contribution in [0.25, 0.3) is 6.08 Å². The number of rotatable bonds is 6. The van der Waals surface area contributed by atoms with Gasteiger partial charge in [-0.25, -0.2) is 0 Å². The molecule has 2 aromatic carbocycles. The number of benzene rings is 2. The van der Waals surface area contributed by atoms with E-state index in [1.807, 2.05) is 30.3 Å². The SMILES string of the molecule is O=C(/C=C/c1ccc(Cl)cc1)Nc1cccc(CNC(=O)c2cccnc2)c1. The van der Waals surface area contributed by atoms with E-state index in [-0.39, 0.29) is 11.8 Å². The Kier molecular flexibility index (Phi) is 6.54. The van der Waals surface area contributed by atoms with E-state index in [1.54, 1.807) is 42.6 Å². The number of carbonyl (C=O) groups excluding carboxylic acids is 2. The fourth-order valence-corrected chi connectivity index (χ4v) is 2.60. The van der Waals surface area contributed by atoms with Crippen LogP contribution in [-0.2, 0) is 11.3 Å². The summed E-state index contributed by atoms with van der Waals surface area (Å²) in [6, 6.07) is 17.9. The summed E-state index contributed by atoms with van der Waals surface area (Å²) in [7, 11) is 0. The predicted molar refractivity (Wildman–Crippen MR) is 111 cm³/mol. The lowest BCUT2D eigenvalue weighted by molar-refractivity contribution is -0.111. The number of hydrogen-bond acceptors (Lipinski definition) is 3. The number of hydrogen-bond donors (Lipinski definition) is 2. The van der Waals surface area contributed by atoms with Crippen LogP contribution < -0.4 is 10.6 Å². The van der Waals surface area contributed by atoms with Gasteiger partial charge in [-0.3, -0.25) is 14.6 Å². The van der Waals surface area contributed by atoms with Gasteiger partial charge in [0, 0.05) is 35.7 Å². The quantitative estimate of drug-likeness (QED) is 0.615. The van der Waals surface area contributed by atoms with Gasteiger partial charge in [-0.15, -0.1) is 0 Å². The van der Waals surface area contributed by atoms with Crippen LogP contribution in [-0.4, -0.2) is 16.8 Å². The van der Waals surface area contributed by atoms with Gasteiger partial charge < -0.3 is 10.6 Å². The Morgan fingerprint density at radius 3 is 2.61 bits per heavy atom. The van der Waals surface area contributed by atoms with E-state index in [9.17, 15) is 9.59 Å². The van der Waals surface area contributed by atoms with E-state index >= 15 is 0 Å². The fraction of sp³-hybridized carbons (Fsp3) is 0.0455. The highest BCUT2D eigenvalue weighted by molar-refractivity contribution is 6.30. The molecule has 2 N–H and O–H groups in total. The number of amides is 2. The zero-order chi connectivity index (χ0) is 19.8. The van der Waals surface area contributed by atoms with Gasteiger partial charge in [0.05, 0.1) is 5.56 Å². The van der Waals surface area contributed by atoms with Crippen molar-refractivity contribution in [1.82, 2.24) is 10.3 Å². The lowest BCUT2D eigenvalue weighted by atomic mass is 10.2. The number of nitrogens with one attached hydrogen (secondary N) is 2. The van der Waals surface area contributed by atoms with Crippen LogP contribution >= 0.6 is 11.6 Å². The van der Waals surface area contributed by atoms with Crippen molar-refractivity contribution in [3.8, 4) is 0 Å². The molecule has 1 aromatic heterocycles. The summed E-state index contributed by atoms with van der Waals surface area (Å²) in [5.41, 5.74) is 2.90. The monoisotopic (exact) mass is 391 g/mol. The fourth-order valence-electron chi connectivity index (χ4n) is 2.47. The topological polar surface area (TPSA) is 71.1 Å². The maximum Gasteiger partial charge on any atom is 0.253 e. The molecule has 6 heteroatoms. The normalized spacial score (nSPS) is 10.6. The summed E-state index contributed by atoms with van der Waals surface area (Å²) >= 11 is 5.84. The van der Waals surface area contributed by atoms with E-state index in [0.717, 1.165) is 11.1 Å². The van der Waals surface area contributed by atoms with Crippen molar-refractivity contribution in [1.29, 1.82) is 0 Å². The third-order valence-electron chi connectivity index (χ3n) is 3.87. The number of halogens is 1. The average Bonchev–Trinajstić information content (AvgIpc) is 2.72. The van der Waals surface area contributed by atoms with Gasteiger partial charge in [0.1, 0.15) is 0 Å². The maximum atomic E-state index is 12.1. The second-order valence-electron chi connectivity index (χ2n) is 6.00. The Morgan fingerprint density at radius 1 is 1.04 bits per heavy atom. The Morgan fingerprint density at radius 2 is 1.86 bits per heavy atom. The lowest BCUT2D eigenvalue weighted by Gasteiger charge is -2.08. The third-order valence-corrected chi connectivity index (χ3v) is 4.12. The van der Waals surface area contributed by atoms with E-state index in [0.29, 0.717) is 22.8 Å². The molecule has 3 aromatic rings. The smallest absolute Gasteiger partial charge is 0.253 e. The van der Waals surface area contributed by atoms with Crippen molar-refractivity contribution in [2.75, 3.05) is 5.32 Å². The van der Waals surface area contributed by atoms with Crippen molar-refractivity contribution in [2.24, 2.45) is 0 Å². The molecule has 0 aliphatic heterocycles. The summed E-state index contributed by atoms with van der Waals surface area (Å²) in [6.45, 7) is 0.345. The standard InChI is InChI=1S/C22H18ClN3O2/c23-19-9-6-16(7-10-19)8-11-21(27)26-20-5-1-3-17(13-20)14-25-22(28)18-4-2-12-24-15-18/h1-13,15H,14H2,(H,25,28)(H,26,27)/b11-8+. The van der Waals surface area contributed by atoms with Crippen LogP contribution in [0, 0.1) is 0 Å². The minimum Gasteiger partial charge on any atom is -0.348 e. The number of anilines is 1. The first kappa shape index (κ1) is 19.3. The molecule has 140 valence electrons. The summed E-state index contributed by atoms with van der Waals surface area (Å²) in [5, 5.41) is 6.29. The molecule has 0 bridgehead atoms. The van der Waals surface area contributed by atoms with Gasteiger partial charge in [-0.2, -0.15) is 0 Å². The van der Waals surface area contributed by atoms with Crippen LogP contribution in [0.15, 0.2) is 79.1 Å². The number of nitrogens with zero attached hydrogens (tertiary/aromatic N) is 1. The molecule has 28 heavy (non-hydrogen) atoms. The molecule has 0 aliphatic carbocycles. The number of carbonyl (C=O) groups is 2. The van der Waals surface area contributed by atoms with Crippen LogP contribution in [0.4, 0.5) is 5.69 Å².